The Hall–Kier alpha value is -1.02. The van der Waals surface area contributed by atoms with Crippen LogP contribution < -0.4 is 5.32 Å². The lowest BCUT2D eigenvalue weighted by molar-refractivity contribution is -0.131. The Morgan fingerprint density at radius 3 is 2.48 bits per heavy atom. The van der Waals surface area contributed by atoms with Crippen molar-refractivity contribution in [1.29, 1.82) is 0 Å². The molecular formula is C18H26ClIN4O. The second-order valence-corrected chi connectivity index (χ2v) is 6.93. The number of halogens is 2. The molecule has 25 heavy (non-hydrogen) atoms. The van der Waals surface area contributed by atoms with Gasteiger partial charge in [0.15, 0.2) is 5.96 Å². The second kappa shape index (κ2) is 9.62. The molecule has 0 unspecified atom stereocenters. The molecule has 0 spiro atoms. The first-order chi connectivity index (χ1) is 11.7. The number of carbonyl (C=O) groups is 1. The summed E-state index contributed by atoms with van der Waals surface area (Å²) in [6, 6.07) is 8.10. The van der Waals surface area contributed by atoms with Gasteiger partial charge in [0.25, 0.3) is 0 Å². The van der Waals surface area contributed by atoms with Crippen LogP contribution in [0.3, 0.4) is 0 Å². The Labute approximate surface area is 171 Å². The molecule has 1 N–H and O–H groups in total. The summed E-state index contributed by atoms with van der Waals surface area (Å²) in [6.45, 7) is 3.14. The monoisotopic (exact) mass is 476 g/mol. The van der Waals surface area contributed by atoms with Crippen molar-refractivity contribution in [3.05, 3.63) is 34.9 Å². The minimum atomic E-state index is 0. The lowest BCUT2D eigenvalue weighted by Crippen LogP contribution is -2.56. The third-order valence-electron chi connectivity index (χ3n) is 4.83. The van der Waals surface area contributed by atoms with Crippen LogP contribution in [0.5, 0.6) is 0 Å². The van der Waals surface area contributed by atoms with Gasteiger partial charge >= 0.3 is 0 Å². The Morgan fingerprint density at radius 1 is 1.24 bits per heavy atom. The van der Waals surface area contributed by atoms with Crippen molar-refractivity contribution in [2.45, 2.75) is 31.7 Å². The van der Waals surface area contributed by atoms with Crippen molar-refractivity contribution in [1.82, 2.24) is 15.1 Å². The molecule has 3 rings (SSSR count). The average molecular weight is 477 g/mol. The van der Waals surface area contributed by atoms with Gasteiger partial charge in [0.05, 0.1) is 6.42 Å². The number of benzene rings is 1. The summed E-state index contributed by atoms with van der Waals surface area (Å²) in [5.74, 6) is 1.14. The van der Waals surface area contributed by atoms with Gasteiger partial charge in [0.2, 0.25) is 5.91 Å². The lowest BCUT2D eigenvalue weighted by atomic mass is 9.93. The van der Waals surface area contributed by atoms with Crippen LogP contribution in [-0.4, -0.2) is 60.9 Å². The van der Waals surface area contributed by atoms with Crippen LogP contribution in [0.1, 0.15) is 24.8 Å². The molecule has 1 aliphatic heterocycles. The highest BCUT2D eigenvalue weighted by Gasteiger charge is 2.25. The van der Waals surface area contributed by atoms with Crippen LogP contribution >= 0.6 is 35.6 Å². The SMILES string of the molecule is CN=C(NC1CCC1)N1CCN(C(=O)Cc2cccc(Cl)c2)CC1.I. The summed E-state index contributed by atoms with van der Waals surface area (Å²) >= 11 is 5.99. The average Bonchev–Trinajstić information content (AvgIpc) is 2.54. The number of amides is 1. The Morgan fingerprint density at radius 2 is 1.92 bits per heavy atom. The number of piperazine rings is 1. The van der Waals surface area contributed by atoms with Crippen LogP contribution in [0, 0.1) is 0 Å². The first kappa shape index (κ1) is 20.3. The summed E-state index contributed by atoms with van der Waals surface area (Å²) in [5.41, 5.74) is 0.970. The summed E-state index contributed by atoms with van der Waals surface area (Å²) in [5, 5.41) is 4.20. The molecule has 1 amide bonds. The van der Waals surface area contributed by atoms with Crippen molar-refractivity contribution < 1.29 is 4.79 Å². The standard InChI is InChI=1S/C18H25ClN4O.HI/c1-20-18(21-16-6-3-7-16)23-10-8-22(9-11-23)17(24)13-14-4-2-5-15(19)12-14;/h2,4-5,12,16H,3,6-11,13H2,1H3,(H,20,21);1H. The molecule has 0 aromatic heterocycles. The zero-order valence-electron chi connectivity index (χ0n) is 14.6. The topological polar surface area (TPSA) is 47.9 Å². The third-order valence-corrected chi connectivity index (χ3v) is 5.06. The predicted molar refractivity (Wildman–Crippen MR) is 113 cm³/mol. The molecule has 1 saturated carbocycles. The highest BCUT2D eigenvalue weighted by Crippen LogP contribution is 2.18. The van der Waals surface area contributed by atoms with Crippen molar-refractivity contribution in [2.24, 2.45) is 4.99 Å². The first-order valence-corrected chi connectivity index (χ1v) is 9.04. The molecule has 7 heteroatoms. The smallest absolute Gasteiger partial charge is 0.227 e. The van der Waals surface area contributed by atoms with Crippen LogP contribution in [0.15, 0.2) is 29.3 Å². The quantitative estimate of drug-likeness (QED) is 0.415. The van der Waals surface area contributed by atoms with E-state index in [-0.39, 0.29) is 29.9 Å². The number of aliphatic imine (C=N–C) groups is 1. The number of nitrogens with zero attached hydrogens (tertiary/aromatic N) is 3. The zero-order valence-corrected chi connectivity index (χ0v) is 17.7. The van der Waals surface area contributed by atoms with Crippen molar-refractivity contribution >= 4 is 47.4 Å². The van der Waals surface area contributed by atoms with Gasteiger partial charge in [-0.25, -0.2) is 0 Å². The largest absolute Gasteiger partial charge is 0.354 e. The van der Waals surface area contributed by atoms with E-state index in [1.807, 2.05) is 36.2 Å². The molecule has 0 bridgehead atoms. The van der Waals surface area contributed by atoms with Crippen LogP contribution in [-0.2, 0) is 11.2 Å². The fraction of sp³-hybridized carbons (Fsp3) is 0.556. The number of nitrogens with one attached hydrogen (secondary N) is 1. The number of hydrogen-bond donors (Lipinski definition) is 1. The highest BCUT2D eigenvalue weighted by atomic mass is 127. The highest BCUT2D eigenvalue weighted by molar-refractivity contribution is 14.0. The van der Waals surface area contributed by atoms with E-state index < -0.39 is 0 Å². The molecule has 2 aliphatic rings. The van der Waals surface area contributed by atoms with E-state index in [0.717, 1.165) is 37.7 Å². The molecule has 138 valence electrons. The van der Waals surface area contributed by atoms with E-state index in [4.69, 9.17) is 11.6 Å². The molecule has 1 saturated heterocycles. The van der Waals surface area contributed by atoms with Gasteiger partial charge in [0, 0.05) is 44.3 Å². The van der Waals surface area contributed by atoms with Gasteiger partial charge in [0.1, 0.15) is 0 Å². The molecule has 1 aliphatic carbocycles. The Bertz CT molecular complexity index is 613. The molecule has 1 aromatic carbocycles. The summed E-state index contributed by atoms with van der Waals surface area (Å²) in [6.07, 6.45) is 4.18. The van der Waals surface area contributed by atoms with Crippen molar-refractivity contribution in [2.75, 3.05) is 33.2 Å². The third kappa shape index (κ3) is 5.48. The van der Waals surface area contributed by atoms with E-state index in [2.05, 4.69) is 15.2 Å². The summed E-state index contributed by atoms with van der Waals surface area (Å²) in [4.78, 5) is 21.1. The molecule has 1 heterocycles. The van der Waals surface area contributed by atoms with Crippen LogP contribution in [0.2, 0.25) is 5.02 Å². The Balaban J connectivity index is 0.00000225. The number of rotatable bonds is 3. The van der Waals surface area contributed by atoms with Gasteiger partial charge in [-0.1, -0.05) is 23.7 Å². The minimum absolute atomic E-state index is 0. The summed E-state index contributed by atoms with van der Waals surface area (Å²) < 4.78 is 0. The van der Waals surface area contributed by atoms with Crippen LogP contribution in [0.25, 0.3) is 0 Å². The van der Waals surface area contributed by atoms with Gasteiger partial charge in [-0.05, 0) is 37.0 Å². The van der Waals surface area contributed by atoms with Gasteiger partial charge < -0.3 is 15.1 Å². The molecular weight excluding hydrogens is 451 g/mol. The van der Waals surface area contributed by atoms with E-state index in [1.54, 1.807) is 0 Å². The maximum absolute atomic E-state index is 12.5. The van der Waals surface area contributed by atoms with E-state index >= 15 is 0 Å². The normalized spacial score (nSPS) is 18.4. The van der Waals surface area contributed by atoms with Crippen molar-refractivity contribution in [3.8, 4) is 0 Å². The fourth-order valence-electron chi connectivity index (χ4n) is 3.13. The zero-order chi connectivity index (χ0) is 16.9. The van der Waals surface area contributed by atoms with Crippen LogP contribution in [0.4, 0.5) is 0 Å². The van der Waals surface area contributed by atoms with E-state index in [9.17, 15) is 4.79 Å². The molecule has 0 radical (unpaired) electrons. The molecule has 0 atom stereocenters. The number of hydrogen-bond acceptors (Lipinski definition) is 2. The number of carbonyl (C=O) groups excluding carboxylic acids is 1. The van der Waals surface area contributed by atoms with Gasteiger partial charge in [-0.2, -0.15) is 0 Å². The fourth-order valence-corrected chi connectivity index (χ4v) is 3.35. The van der Waals surface area contributed by atoms with Crippen molar-refractivity contribution in [3.63, 3.8) is 0 Å². The molecule has 2 fully saturated rings. The maximum atomic E-state index is 12.5. The van der Waals surface area contributed by atoms with Gasteiger partial charge in [-0.3, -0.25) is 9.79 Å². The summed E-state index contributed by atoms with van der Waals surface area (Å²) in [7, 11) is 1.83. The second-order valence-electron chi connectivity index (χ2n) is 6.49. The minimum Gasteiger partial charge on any atom is -0.354 e. The Kier molecular flexibility index (Phi) is 7.81. The predicted octanol–water partition coefficient (Wildman–Crippen LogP) is 2.77. The lowest BCUT2D eigenvalue weighted by Gasteiger charge is -2.39. The number of guanidine groups is 1. The maximum Gasteiger partial charge on any atom is 0.227 e. The van der Waals surface area contributed by atoms with E-state index in [0.29, 0.717) is 17.5 Å². The van der Waals surface area contributed by atoms with E-state index in [1.165, 1.54) is 19.3 Å². The molecule has 5 nitrogen and oxygen atoms in total. The van der Waals surface area contributed by atoms with Gasteiger partial charge in [-0.15, -0.1) is 24.0 Å². The first-order valence-electron chi connectivity index (χ1n) is 8.66. The molecule has 1 aromatic rings.